The molecule has 2 aromatic carbocycles. The van der Waals surface area contributed by atoms with Crippen LogP contribution in [0.15, 0.2) is 64.1 Å². The van der Waals surface area contributed by atoms with E-state index in [2.05, 4.69) is 10.3 Å². The van der Waals surface area contributed by atoms with Crippen LogP contribution in [0.3, 0.4) is 0 Å². The number of aromatic nitrogens is 2. The van der Waals surface area contributed by atoms with Crippen LogP contribution >= 0.6 is 0 Å². The van der Waals surface area contributed by atoms with E-state index >= 15 is 0 Å². The first kappa shape index (κ1) is 22.0. The summed E-state index contributed by atoms with van der Waals surface area (Å²) in [6.07, 6.45) is 5.79. The summed E-state index contributed by atoms with van der Waals surface area (Å²) in [5.41, 5.74) is 0.840. The number of carbonyl (C=O) groups is 1. The molecule has 0 bridgehead atoms. The monoisotopic (exact) mass is 463 g/mol. The average molecular weight is 463 g/mol. The van der Waals surface area contributed by atoms with Gasteiger partial charge in [-0.3, -0.25) is 9.59 Å². The number of nitrogens with zero attached hydrogens (tertiary/aromatic N) is 2. The van der Waals surface area contributed by atoms with Gasteiger partial charge in [0.1, 0.15) is 24.4 Å². The number of fused-ring (bicyclic) bond motifs is 1. The minimum Gasteiger partial charge on any atom is -0.447 e. The van der Waals surface area contributed by atoms with Crippen LogP contribution in [0.25, 0.3) is 10.8 Å². The minimum atomic E-state index is -0.702. The Labute approximate surface area is 194 Å². The SMILES string of the molecule is Cc1c(C(=O)N[C@H](c2ccc(F)cc2)C2CCC2)c2cccc(F)c2c(=O)n1Cc1ncco1. The number of hydrogen-bond donors (Lipinski definition) is 1. The van der Waals surface area contributed by atoms with Crippen molar-refractivity contribution in [3.8, 4) is 0 Å². The molecule has 1 aliphatic carbocycles. The van der Waals surface area contributed by atoms with Crippen molar-refractivity contribution in [1.29, 1.82) is 0 Å². The zero-order valence-electron chi connectivity index (χ0n) is 18.6. The molecule has 0 saturated heterocycles. The van der Waals surface area contributed by atoms with Crippen molar-refractivity contribution in [3.05, 3.63) is 99.6 Å². The second kappa shape index (κ2) is 8.85. The molecule has 4 aromatic rings. The molecular weight excluding hydrogens is 440 g/mol. The number of amides is 1. The second-order valence-corrected chi connectivity index (χ2v) is 8.63. The van der Waals surface area contributed by atoms with E-state index < -0.39 is 17.3 Å². The third kappa shape index (κ3) is 3.89. The number of halogens is 2. The first-order valence-electron chi connectivity index (χ1n) is 11.2. The Balaban J connectivity index is 1.61. The summed E-state index contributed by atoms with van der Waals surface area (Å²) in [6.45, 7) is 1.62. The van der Waals surface area contributed by atoms with Gasteiger partial charge in [0.25, 0.3) is 11.5 Å². The molecule has 0 spiro atoms. The standard InChI is InChI=1S/C26H23F2N3O3/c1-15-22(25(32)30-24(16-4-2-5-16)17-8-10-18(27)11-9-17)19-6-3-7-20(28)23(19)26(33)31(15)14-21-29-12-13-34-21/h3,6-13,16,24H,2,4-5,14H2,1H3,(H,30,32)/t24-/m0/s1. The van der Waals surface area contributed by atoms with Crippen LogP contribution in [0.4, 0.5) is 8.78 Å². The number of rotatable bonds is 6. The Hall–Kier alpha value is -3.81. The lowest BCUT2D eigenvalue weighted by atomic mass is 9.77. The van der Waals surface area contributed by atoms with E-state index in [4.69, 9.17) is 4.42 Å². The van der Waals surface area contributed by atoms with E-state index in [0.717, 1.165) is 24.8 Å². The second-order valence-electron chi connectivity index (χ2n) is 8.63. The molecule has 1 saturated carbocycles. The first-order valence-corrected chi connectivity index (χ1v) is 11.2. The highest BCUT2D eigenvalue weighted by molar-refractivity contribution is 6.08. The summed E-state index contributed by atoms with van der Waals surface area (Å²) < 4.78 is 34.9. The molecule has 174 valence electrons. The third-order valence-electron chi connectivity index (χ3n) is 6.65. The summed E-state index contributed by atoms with van der Waals surface area (Å²) in [5, 5.41) is 3.18. The maximum atomic E-state index is 14.8. The van der Waals surface area contributed by atoms with E-state index in [9.17, 15) is 18.4 Å². The van der Waals surface area contributed by atoms with Crippen LogP contribution in [0.1, 0.15) is 52.8 Å². The molecule has 34 heavy (non-hydrogen) atoms. The molecule has 1 fully saturated rings. The van der Waals surface area contributed by atoms with Crippen molar-refractivity contribution >= 4 is 16.7 Å². The molecule has 5 rings (SSSR count). The van der Waals surface area contributed by atoms with Crippen molar-refractivity contribution in [1.82, 2.24) is 14.9 Å². The van der Waals surface area contributed by atoms with Gasteiger partial charge < -0.3 is 14.3 Å². The lowest BCUT2D eigenvalue weighted by Crippen LogP contribution is -2.38. The van der Waals surface area contributed by atoms with Crippen molar-refractivity contribution in [2.45, 2.75) is 38.8 Å². The smallest absolute Gasteiger partial charge is 0.262 e. The Morgan fingerprint density at radius 1 is 1.21 bits per heavy atom. The van der Waals surface area contributed by atoms with Gasteiger partial charge in [-0.1, -0.05) is 30.7 Å². The molecule has 2 aromatic heterocycles. The molecule has 6 nitrogen and oxygen atoms in total. The lowest BCUT2D eigenvalue weighted by molar-refractivity contribution is 0.0900. The summed E-state index contributed by atoms with van der Waals surface area (Å²) >= 11 is 0. The molecule has 8 heteroatoms. The van der Waals surface area contributed by atoms with Crippen LogP contribution in [0.5, 0.6) is 0 Å². The van der Waals surface area contributed by atoms with Crippen LogP contribution in [-0.4, -0.2) is 15.5 Å². The van der Waals surface area contributed by atoms with Crippen molar-refractivity contribution in [2.24, 2.45) is 5.92 Å². The zero-order valence-corrected chi connectivity index (χ0v) is 18.6. The molecule has 0 unspecified atom stereocenters. The maximum absolute atomic E-state index is 14.8. The maximum Gasteiger partial charge on any atom is 0.262 e. The first-order chi connectivity index (χ1) is 16.4. The van der Waals surface area contributed by atoms with Gasteiger partial charge in [0.2, 0.25) is 5.89 Å². The van der Waals surface area contributed by atoms with Gasteiger partial charge in [-0.2, -0.15) is 0 Å². The number of oxazole rings is 1. The van der Waals surface area contributed by atoms with E-state index in [1.165, 1.54) is 41.3 Å². The van der Waals surface area contributed by atoms with Crippen molar-refractivity contribution in [3.63, 3.8) is 0 Å². The summed E-state index contributed by atoms with van der Waals surface area (Å²) in [4.78, 5) is 30.9. The molecule has 1 N–H and O–H groups in total. The van der Waals surface area contributed by atoms with Crippen LogP contribution in [0.2, 0.25) is 0 Å². The quantitative estimate of drug-likeness (QED) is 0.442. The molecule has 0 aliphatic heterocycles. The van der Waals surface area contributed by atoms with Gasteiger partial charge in [-0.05, 0) is 49.4 Å². The molecular formula is C26H23F2N3O3. The largest absolute Gasteiger partial charge is 0.447 e. The van der Waals surface area contributed by atoms with Gasteiger partial charge in [-0.25, -0.2) is 13.8 Å². The molecule has 1 amide bonds. The highest BCUT2D eigenvalue weighted by atomic mass is 19.1. The lowest BCUT2D eigenvalue weighted by Gasteiger charge is -2.35. The average Bonchev–Trinajstić information content (AvgIpc) is 3.29. The van der Waals surface area contributed by atoms with E-state index in [1.54, 1.807) is 25.1 Å². The number of hydrogen-bond acceptors (Lipinski definition) is 4. The van der Waals surface area contributed by atoms with Gasteiger partial charge in [0.05, 0.1) is 23.2 Å². The molecule has 1 atom stereocenters. The highest BCUT2D eigenvalue weighted by Crippen LogP contribution is 2.38. The summed E-state index contributed by atoms with van der Waals surface area (Å²) in [5.74, 6) is -0.984. The number of pyridine rings is 1. The normalized spacial score (nSPS) is 14.7. The van der Waals surface area contributed by atoms with Crippen LogP contribution in [-0.2, 0) is 6.54 Å². The van der Waals surface area contributed by atoms with Crippen LogP contribution < -0.4 is 10.9 Å². The Bertz CT molecular complexity index is 1410. The fourth-order valence-corrected chi connectivity index (χ4v) is 4.64. The molecule has 0 radical (unpaired) electrons. The predicted molar refractivity (Wildman–Crippen MR) is 122 cm³/mol. The zero-order chi connectivity index (χ0) is 23.8. The topological polar surface area (TPSA) is 77.1 Å². The van der Waals surface area contributed by atoms with Crippen molar-refractivity contribution in [2.75, 3.05) is 0 Å². The predicted octanol–water partition coefficient (Wildman–Crippen LogP) is 4.90. The minimum absolute atomic E-state index is 0.0355. The third-order valence-corrected chi connectivity index (χ3v) is 6.65. The Kier molecular flexibility index (Phi) is 5.73. The summed E-state index contributed by atoms with van der Waals surface area (Å²) in [6, 6.07) is 10.0. The number of benzene rings is 2. The Morgan fingerprint density at radius 3 is 2.62 bits per heavy atom. The van der Waals surface area contributed by atoms with Gasteiger partial charge >= 0.3 is 0 Å². The summed E-state index contributed by atoms with van der Waals surface area (Å²) in [7, 11) is 0. The van der Waals surface area contributed by atoms with Gasteiger partial charge in [0.15, 0.2) is 0 Å². The number of nitrogens with one attached hydrogen (secondary N) is 1. The Morgan fingerprint density at radius 2 is 1.97 bits per heavy atom. The van der Waals surface area contributed by atoms with E-state index in [0.29, 0.717) is 5.69 Å². The highest BCUT2D eigenvalue weighted by Gasteiger charge is 2.31. The van der Waals surface area contributed by atoms with Crippen molar-refractivity contribution < 1.29 is 18.0 Å². The van der Waals surface area contributed by atoms with Crippen LogP contribution in [0, 0.1) is 24.5 Å². The van der Waals surface area contributed by atoms with Gasteiger partial charge in [-0.15, -0.1) is 0 Å². The number of carbonyl (C=O) groups excluding carboxylic acids is 1. The fourth-order valence-electron chi connectivity index (χ4n) is 4.64. The van der Waals surface area contributed by atoms with E-state index in [-0.39, 0.29) is 46.5 Å². The fraction of sp³-hybridized carbons (Fsp3) is 0.269. The van der Waals surface area contributed by atoms with E-state index in [1.807, 2.05) is 0 Å². The molecule has 2 heterocycles. The molecule has 1 aliphatic rings. The van der Waals surface area contributed by atoms with Gasteiger partial charge in [0, 0.05) is 11.1 Å².